The zero-order valence-electron chi connectivity index (χ0n) is 13.9. The first kappa shape index (κ1) is 18.5. The van der Waals surface area contributed by atoms with E-state index in [0.717, 1.165) is 11.0 Å². The normalized spacial score (nSPS) is 12.9. The van der Waals surface area contributed by atoms with Gasteiger partial charge in [-0.3, -0.25) is 24.6 Å². The first-order chi connectivity index (χ1) is 12.9. The number of ether oxygens (including phenoxy) is 1. The fraction of sp³-hybridized carbons (Fsp3) is 0.167. The fourth-order valence-corrected chi connectivity index (χ4v) is 2.89. The van der Waals surface area contributed by atoms with Crippen LogP contribution in [0.1, 0.15) is 37.5 Å². The average molecular weight is 389 g/mol. The van der Waals surface area contributed by atoms with Crippen LogP contribution in [-0.2, 0) is 4.74 Å². The number of nitrogens with zero attached hydrogens (tertiary/aromatic N) is 2. The van der Waals surface area contributed by atoms with Crippen molar-refractivity contribution in [3.8, 4) is 0 Å². The molecule has 2 aromatic carbocycles. The van der Waals surface area contributed by atoms with Gasteiger partial charge in [-0.1, -0.05) is 23.7 Å². The Morgan fingerprint density at radius 1 is 1.11 bits per heavy atom. The molecule has 0 saturated heterocycles. The summed E-state index contributed by atoms with van der Waals surface area (Å²) in [7, 11) is 0. The molecule has 0 N–H and O–H groups in total. The molecule has 0 aromatic heterocycles. The molecule has 0 atom stereocenters. The number of fused-ring (bicyclic) bond motifs is 1. The molecule has 9 heteroatoms. The Kier molecular flexibility index (Phi) is 5.18. The first-order valence-corrected chi connectivity index (χ1v) is 8.34. The third-order valence-corrected chi connectivity index (χ3v) is 4.35. The highest BCUT2D eigenvalue weighted by atomic mass is 35.5. The lowest BCUT2D eigenvalue weighted by atomic mass is 10.1. The van der Waals surface area contributed by atoms with Crippen LogP contribution in [0.15, 0.2) is 42.5 Å². The number of halogens is 1. The van der Waals surface area contributed by atoms with Gasteiger partial charge < -0.3 is 4.74 Å². The van der Waals surface area contributed by atoms with Crippen LogP contribution >= 0.6 is 11.6 Å². The molecular formula is C18H13ClN2O6. The van der Waals surface area contributed by atoms with Gasteiger partial charge in [0.25, 0.3) is 17.5 Å². The second kappa shape index (κ2) is 7.55. The van der Waals surface area contributed by atoms with Crippen molar-refractivity contribution in [3.05, 3.63) is 74.3 Å². The molecule has 1 heterocycles. The summed E-state index contributed by atoms with van der Waals surface area (Å²) < 4.78 is 5.06. The average Bonchev–Trinajstić information content (AvgIpc) is 2.90. The van der Waals surface area contributed by atoms with E-state index in [0.29, 0.717) is 11.1 Å². The number of carbonyl (C=O) groups is 3. The topological polar surface area (TPSA) is 107 Å². The molecule has 138 valence electrons. The number of rotatable bonds is 6. The minimum atomic E-state index is -0.814. The summed E-state index contributed by atoms with van der Waals surface area (Å²) in [5, 5.41) is 10.8. The van der Waals surface area contributed by atoms with Crippen LogP contribution in [0.2, 0.25) is 5.02 Å². The smallest absolute Gasteiger partial charge is 0.339 e. The van der Waals surface area contributed by atoms with Crippen molar-refractivity contribution in [2.24, 2.45) is 0 Å². The summed E-state index contributed by atoms with van der Waals surface area (Å²) in [4.78, 5) is 47.7. The number of nitro benzene ring substituents is 1. The molecule has 0 spiro atoms. The Hall–Kier alpha value is -3.26. The van der Waals surface area contributed by atoms with E-state index in [1.54, 1.807) is 24.3 Å². The van der Waals surface area contributed by atoms with Gasteiger partial charge in [0.15, 0.2) is 0 Å². The van der Waals surface area contributed by atoms with Crippen molar-refractivity contribution in [1.82, 2.24) is 4.90 Å². The number of imide groups is 1. The Morgan fingerprint density at radius 3 is 2.33 bits per heavy atom. The molecule has 0 fully saturated rings. The van der Waals surface area contributed by atoms with E-state index in [1.165, 1.54) is 12.1 Å². The molecule has 0 radical (unpaired) electrons. The Labute approximate surface area is 158 Å². The van der Waals surface area contributed by atoms with Crippen LogP contribution in [0, 0.1) is 10.1 Å². The third kappa shape index (κ3) is 3.65. The molecule has 0 saturated carbocycles. The maximum atomic E-state index is 12.2. The van der Waals surface area contributed by atoms with Crippen molar-refractivity contribution in [3.63, 3.8) is 0 Å². The van der Waals surface area contributed by atoms with Gasteiger partial charge in [0, 0.05) is 18.7 Å². The van der Waals surface area contributed by atoms with E-state index in [4.69, 9.17) is 16.3 Å². The van der Waals surface area contributed by atoms with Gasteiger partial charge in [-0.15, -0.1) is 0 Å². The Morgan fingerprint density at radius 2 is 1.74 bits per heavy atom. The number of amides is 2. The lowest BCUT2D eigenvalue weighted by molar-refractivity contribution is -0.384. The van der Waals surface area contributed by atoms with Gasteiger partial charge in [-0.05, 0) is 24.6 Å². The highest BCUT2D eigenvalue weighted by molar-refractivity contribution is 6.33. The van der Waals surface area contributed by atoms with Crippen molar-refractivity contribution >= 4 is 35.1 Å². The number of non-ortho nitro benzene ring substituents is 1. The Bertz CT molecular complexity index is 924. The largest absolute Gasteiger partial charge is 0.462 e. The van der Waals surface area contributed by atoms with Gasteiger partial charge in [0.1, 0.15) is 0 Å². The molecule has 2 aromatic rings. The van der Waals surface area contributed by atoms with E-state index in [1.807, 2.05) is 0 Å². The predicted molar refractivity (Wildman–Crippen MR) is 94.8 cm³/mol. The molecule has 8 nitrogen and oxygen atoms in total. The second-order valence-corrected chi connectivity index (χ2v) is 6.13. The maximum absolute atomic E-state index is 12.2. The maximum Gasteiger partial charge on any atom is 0.339 e. The number of esters is 1. The minimum Gasteiger partial charge on any atom is -0.462 e. The molecule has 1 aliphatic heterocycles. The van der Waals surface area contributed by atoms with Crippen LogP contribution in [0.25, 0.3) is 0 Å². The summed E-state index contributed by atoms with van der Waals surface area (Å²) in [5.41, 5.74) is 0.301. The first-order valence-electron chi connectivity index (χ1n) is 7.96. The van der Waals surface area contributed by atoms with E-state index in [9.17, 15) is 24.5 Å². The summed E-state index contributed by atoms with van der Waals surface area (Å²) in [6.45, 7) is 0.00750. The zero-order chi connectivity index (χ0) is 19.6. The highest BCUT2D eigenvalue weighted by Gasteiger charge is 2.34. The molecule has 0 unspecified atom stereocenters. The number of hydrogen-bond donors (Lipinski definition) is 0. The zero-order valence-corrected chi connectivity index (χ0v) is 14.6. The van der Waals surface area contributed by atoms with Gasteiger partial charge >= 0.3 is 5.97 Å². The van der Waals surface area contributed by atoms with Gasteiger partial charge in [-0.2, -0.15) is 0 Å². The van der Waals surface area contributed by atoms with Crippen LogP contribution in [0.3, 0.4) is 0 Å². The molecule has 27 heavy (non-hydrogen) atoms. The monoisotopic (exact) mass is 388 g/mol. The predicted octanol–water partition coefficient (Wildman–Crippen LogP) is 3.09. The van der Waals surface area contributed by atoms with Crippen LogP contribution < -0.4 is 0 Å². The van der Waals surface area contributed by atoms with Crippen molar-refractivity contribution < 1.29 is 24.0 Å². The van der Waals surface area contributed by atoms with Gasteiger partial charge in [0.05, 0.1) is 33.2 Å². The fourth-order valence-electron chi connectivity index (χ4n) is 2.69. The lowest BCUT2D eigenvalue weighted by Gasteiger charge is -2.13. The third-order valence-electron chi connectivity index (χ3n) is 4.02. The standard InChI is InChI=1S/C18H13ClN2O6/c19-15-7-6-11(21(25)26)10-14(15)18(24)27-9-3-8-20-16(22)12-4-1-2-5-13(12)17(20)23/h1-2,4-7,10H,3,8-9H2. The van der Waals surface area contributed by atoms with Gasteiger partial charge in [-0.25, -0.2) is 4.79 Å². The van der Waals surface area contributed by atoms with Crippen molar-refractivity contribution in [2.75, 3.05) is 13.2 Å². The van der Waals surface area contributed by atoms with Crippen LogP contribution in [-0.4, -0.2) is 40.8 Å². The van der Waals surface area contributed by atoms with Crippen LogP contribution in [0.5, 0.6) is 0 Å². The van der Waals surface area contributed by atoms with Crippen molar-refractivity contribution in [1.29, 1.82) is 0 Å². The summed E-state index contributed by atoms with van der Waals surface area (Å²) in [6, 6.07) is 9.99. The second-order valence-electron chi connectivity index (χ2n) is 5.72. The van der Waals surface area contributed by atoms with E-state index >= 15 is 0 Å². The highest BCUT2D eigenvalue weighted by Crippen LogP contribution is 2.24. The quantitative estimate of drug-likeness (QED) is 0.247. The van der Waals surface area contributed by atoms with Crippen molar-refractivity contribution in [2.45, 2.75) is 6.42 Å². The number of benzene rings is 2. The van der Waals surface area contributed by atoms with E-state index in [2.05, 4.69) is 0 Å². The molecule has 2 amide bonds. The molecule has 0 aliphatic carbocycles. The number of carbonyl (C=O) groups excluding carboxylic acids is 3. The van der Waals surface area contributed by atoms with Gasteiger partial charge in [0.2, 0.25) is 0 Å². The molecule has 3 rings (SSSR count). The van der Waals surface area contributed by atoms with Crippen LogP contribution in [0.4, 0.5) is 5.69 Å². The summed E-state index contributed by atoms with van der Waals surface area (Å²) in [5.74, 6) is -1.58. The SMILES string of the molecule is O=C(OCCCN1C(=O)c2ccccc2C1=O)c1cc([N+](=O)[O-])ccc1Cl. The summed E-state index contributed by atoms with van der Waals surface area (Å²) in [6.07, 6.45) is 0.226. The lowest BCUT2D eigenvalue weighted by Crippen LogP contribution is -2.31. The molecule has 1 aliphatic rings. The number of nitro groups is 1. The summed E-state index contributed by atoms with van der Waals surface area (Å²) >= 11 is 5.88. The van der Waals surface area contributed by atoms with E-state index < -0.39 is 10.9 Å². The molecular weight excluding hydrogens is 376 g/mol. The minimum absolute atomic E-state index is 0.0333. The Balaban J connectivity index is 1.56. The number of hydrogen-bond acceptors (Lipinski definition) is 6. The van der Waals surface area contributed by atoms with E-state index in [-0.39, 0.29) is 47.7 Å². The molecule has 0 bridgehead atoms.